The van der Waals surface area contributed by atoms with Crippen LogP contribution in [0.15, 0.2) is 59.8 Å². The van der Waals surface area contributed by atoms with Gasteiger partial charge >= 0.3 is 12.1 Å². The maximum atomic E-state index is 12.9. The summed E-state index contributed by atoms with van der Waals surface area (Å²) in [4.78, 5) is 26.5. The number of carbonyl (C=O) groups excluding carboxylic acids is 2. The number of hydrogen-bond donors (Lipinski definition) is 0. The summed E-state index contributed by atoms with van der Waals surface area (Å²) < 4.78 is 43.6. The van der Waals surface area contributed by atoms with Gasteiger partial charge in [-0.2, -0.15) is 13.2 Å². The number of esters is 1. The van der Waals surface area contributed by atoms with Gasteiger partial charge in [0.15, 0.2) is 0 Å². The van der Waals surface area contributed by atoms with E-state index in [0.717, 1.165) is 12.1 Å². The van der Waals surface area contributed by atoms with Gasteiger partial charge in [0.05, 0.1) is 16.8 Å². The van der Waals surface area contributed by atoms with Crippen molar-refractivity contribution in [2.24, 2.45) is 0 Å². The highest BCUT2D eigenvalue weighted by Gasteiger charge is 2.43. The Morgan fingerprint density at radius 2 is 1.71 bits per heavy atom. The van der Waals surface area contributed by atoms with E-state index < -0.39 is 23.6 Å². The van der Waals surface area contributed by atoms with Gasteiger partial charge in [-0.15, -0.1) is 0 Å². The van der Waals surface area contributed by atoms with Crippen LogP contribution in [0.3, 0.4) is 0 Å². The second-order valence-electron chi connectivity index (χ2n) is 6.49. The van der Waals surface area contributed by atoms with Crippen molar-refractivity contribution in [2.75, 3.05) is 11.5 Å². The molecule has 2 aliphatic rings. The van der Waals surface area contributed by atoms with E-state index in [2.05, 4.69) is 0 Å². The molecular weight excluding hydrogens is 395 g/mol. The minimum Gasteiger partial charge on any atom is -0.456 e. The summed E-state index contributed by atoms with van der Waals surface area (Å²) in [5, 5.41) is 0.426. The molecule has 4 rings (SSSR count). The predicted molar refractivity (Wildman–Crippen MR) is 95.7 cm³/mol. The van der Waals surface area contributed by atoms with Crippen LogP contribution in [0, 0.1) is 0 Å². The van der Waals surface area contributed by atoms with Gasteiger partial charge in [0.2, 0.25) is 5.91 Å². The van der Waals surface area contributed by atoms with Gasteiger partial charge in [0.25, 0.3) is 0 Å². The third-order valence-electron chi connectivity index (χ3n) is 4.85. The van der Waals surface area contributed by atoms with Gasteiger partial charge in [-0.05, 0) is 35.9 Å². The molecule has 1 atom stereocenters. The lowest BCUT2D eigenvalue weighted by Gasteiger charge is -2.32. The highest BCUT2D eigenvalue weighted by atomic mass is 35.5. The molecule has 2 aromatic rings. The summed E-state index contributed by atoms with van der Waals surface area (Å²) in [6.45, 7) is -0.123. The average Bonchev–Trinajstić information content (AvgIpc) is 3.02. The van der Waals surface area contributed by atoms with Gasteiger partial charge in [0.1, 0.15) is 6.61 Å². The summed E-state index contributed by atoms with van der Waals surface area (Å²) in [5.74, 6) is -1.46. The van der Waals surface area contributed by atoms with Crippen LogP contribution in [0.25, 0.3) is 0 Å². The van der Waals surface area contributed by atoms with Crippen LogP contribution in [-0.4, -0.2) is 18.5 Å². The van der Waals surface area contributed by atoms with Crippen molar-refractivity contribution < 1.29 is 27.5 Å². The van der Waals surface area contributed by atoms with Crippen molar-refractivity contribution in [1.82, 2.24) is 0 Å². The fraction of sp³-hybridized carbons (Fsp3) is 0.200. The summed E-state index contributed by atoms with van der Waals surface area (Å²) in [6, 6.07) is 11.1. The number of halogens is 4. The van der Waals surface area contributed by atoms with Crippen LogP contribution in [0.5, 0.6) is 0 Å². The van der Waals surface area contributed by atoms with E-state index in [4.69, 9.17) is 16.3 Å². The van der Waals surface area contributed by atoms with Crippen LogP contribution >= 0.6 is 11.6 Å². The van der Waals surface area contributed by atoms with E-state index in [0.29, 0.717) is 21.9 Å². The normalized spacial score (nSPS) is 19.7. The Morgan fingerprint density at radius 1 is 1.04 bits per heavy atom. The number of hydrogen-bond acceptors (Lipinski definition) is 3. The molecule has 0 spiro atoms. The van der Waals surface area contributed by atoms with Crippen molar-refractivity contribution in [1.29, 1.82) is 0 Å². The Hall–Kier alpha value is -2.80. The molecule has 2 aromatic carbocycles. The summed E-state index contributed by atoms with van der Waals surface area (Å²) in [5.41, 5.74) is 0.721. The third kappa shape index (κ3) is 3.05. The smallest absolute Gasteiger partial charge is 0.416 e. The number of nitrogens with zero attached hydrogens (tertiary/aromatic N) is 1. The van der Waals surface area contributed by atoms with E-state index in [9.17, 15) is 22.8 Å². The molecule has 0 N–H and O–H groups in total. The topological polar surface area (TPSA) is 46.6 Å². The number of carbonyl (C=O) groups is 2. The van der Waals surface area contributed by atoms with Gasteiger partial charge in [-0.3, -0.25) is 9.69 Å². The Kier molecular flexibility index (Phi) is 4.42. The molecule has 0 aromatic heterocycles. The number of benzene rings is 2. The molecule has 0 saturated carbocycles. The van der Waals surface area contributed by atoms with Gasteiger partial charge in [-0.1, -0.05) is 29.8 Å². The van der Waals surface area contributed by atoms with E-state index in [1.54, 1.807) is 24.3 Å². The first kappa shape index (κ1) is 18.6. The number of ether oxygens (including phenoxy) is 1. The lowest BCUT2D eigenvalue weighted by atomic mass is 9.84. The van der Waals surface area contributed by atoms with Crippen LogP contribution in [0.1, 0.15) is 23.5 Å². The zero-order valence-electron chi connectivity index (χ0n) is 14.3. The monoisotopic (exact) mass is 407 g/mol. The molecule has 4 nitrogen and oxygen atoms in total. The molecule has 1 unspecified atom stereocenters. The Morgan fingerprint density at radius 3 is 2.36 bits per heavy atom. The molecule has 0 bridgehead atoms. The maximum Gasteiger partial charge on any atom is 0.416 e. The third-order valence-corrected chi connectivity index (χ3v) is 5.19. The first-order valence-corrected chi connectivity index (χ1v) is 8.80. The molecule has 0 saturated heterocycles. The zero-order chi connectivity index (χ0) is 20.1. The molecule has 28 heavy (non-hydrogen) atoms. The molecule has 0 aliphatic carbocycles. The van der Waals surface area contributed by atoms with Gasteiger partial charge in [0, 0.05) is 23.0 Å². The standard InChI is InChI=1S/C20H13ClF3NO3/c21-15-4-2-1-3-13(15)14-9-17(26)25(16-10-28-19(27)18(14)16)12-7-5-11(6-8-12)20(22,23)24/h1-8,14H,9-10H2. The summed E-state index contributed by atoms with van der Waals surface area (Å²) in [7, 11) is 0. The fourth-order valence-electron chi connectivity index (χ4n) is 3.58. The first-order valence-electron chi connectivity index (χ1n) is 8.42. The van der Waals surface area contributed by atoms with E-state index in [1.807, 2.05) is 0 Å². The van der Waals surface area contributed by atoms with E-state index >= 15 is 0 Å². The molecule has 2 aliphatic heterocycles. The molecule has 2 heterocycles. The highest BCUT2D eigenvalue weighted by Crippen LogP contribution is 2.43. The van der Waals surface area contributed by atoms with Crippen molar-refractivity contribution in [2.45, 2.75) is 18.5 Å². The van der Waals surface area contributed by atoms with Crippen molar-refractivity contribution in [3.8, 4) is 0 Å². The predicted octanol–water partition coefficient (Wildman–Crippen LogP) is 4.69. The lowest BCUT2D eigenvalue weighted by Crippen LogP contribution is -2.37. The zero-order valence-corrected chi connectivity index (χ0v) is 15.1. The van der Waals surface area contributed by atoms with Crippen LogP contribution in [-0.2, 0) is 20.5 Å². The minimum absolute atomic E-state index is 0.0430. The first-order chi connectivity index (χ1) is 13.3. The van der Waals surface area contributed by atoms with Crippen molar-refractivity contribution in [3.05, 3.63) is 76.0 Å². The van der Waals surface area contributed by atoms with Crippen molar-refractivity contribution >= 4 is 29.2 Å². The van der Waals surface area contributed by atoms with E-state index in [1.165, 1.54) is 17.0 Å². The number of amides is 1. The molecule has 8 heteroatoms. The molecular formula is C20H13ClF3NO3. The quantitative estimate of drug-likeness (QED) is 0.678. The number of cyclic esters (lactones) is 1. The number of rotatable bonds is 2. The highest BCUT2D eigenvalue weighted by molar-refractivity contribution is 6.31. The lowest BCUT2D eigenvalue weighted by molar-refractivity contribution is -0.138. The molecule has 0 fully saturated rings. The second-order valence-corrected chi connectivity index (χ2v) is 6.90. The Bertz CT molecular complexity index is 999. The molecule has 144 valence electrons. The van der Waals surface area contributed by atoms with Gasteiger partial charge < -0.3 is 4.74 Å². The number of alkyl halides is 3. The van der Waals surface area contributed by atoms with Crippen LogP contribution < -0.4 is 4.90 Å². The maximum absolute atomic E-state index is 12.9. The average molecular weight is 408 g/mol. The minimum atomic E-state index is -4.48. The van der Waals surface area contributed by atoms with Gasteiger partial charge in [-0.25, -0.2) is 4.79 Å². The second kappa shape index (κ2) is 6.67. The summed E-state index contributed by atoms with van der Waals surface area (Å²) in [6.07, 6.45) is -4.52. The van der Waals surface area contributed by atoms with E-state index in [-0.39, 0.29) is 24.6 Å². The van der Waals surface area contributed by atoms with Crippen LogP contribution in [0.2, 0.25) is 5.02 Å². The molecule has 0 radical (unpaired) electrons. The fourth-order valence-corrected chi connectivity index (χ4v) is 3.84. The Balaban J connectivity index is 1.79. The molecule has 1 amide bonds. The van der Waals surface area contributed by atoms with Crippen LogP contribution in [0.4, 0.5) is 18.9 Å². The summed E-state index contributed by atoms with van der Waals surface area (Å²) >= 11 is 6.25. The Labute approximate surface area is 163 Å². The SMILES string of the molecule is O=C1OCC2=C1C(c1ccccc1Cl)CC(=O)N2c1ccc(C(F)(F)F)cc1. The number of anilines is 1. The van der Waals surface area contributed by atoms with Crippen molar-refractivity contribution in [3.63, 3.8) is 0 Å². The largest absolute Gasteiger partial charge is 0.456 e.